The summed E-state index contributed by atoms with van der Waals surface area (Å²) in [5.74, 6) is 1.00. The molecule has 0 atom stereocenters. The second-order valence-electron chi connectivity index (χ2n) is 11.8. The molecule has 0 saturated carbocycles. The number of aromatic nitrogens is 2. The molecule has 3 aromatic carbocycles. The van der Waals surface area contributed by atoms with Gasteiger partial charge in [-0.25, -0.2) is 4.39 Å². The highest BCUT2D eigenvalue weighted by Crippen LogP contribution is 2.27. The maximum absolute atomic E-state index is 14.2. The Balaban J connectivity index is 1.32. The number of amides is 1. The third-order valence-corrected chi connectivity index (χ3v) is 10.8. The van der Waals surface area contributed by atoms with Crippen LogP contribution in [0.3, 0.4) is 0 Å². The first-order valence-electron chi connectivity index (χ1n) is 16.6. The molecule has 1 amide bonds. The van der Waals surface area contributed by atoms with Crippen molar-refractivity contribution in [3.63, 3.8) is 0 Å². The summed E-state index contributed by atoms with van der Waals surface area (Å²) in [5, 5.41) is 0.528. The molecule has 1 aliphatic rings. The van der Waals surface area contributed by atoms with Gasteiger partial charge in [-0.3, -0.25) is 9.59 Å². The zero-order chi connectivity index (χ0) is 34.6. The van der Waals surface area contributed by atoms with Crippen LogP contribution in [-0.4, -0.2) is 64.7 Å². The van der Waals surface area contributed by atoms with E-state index in [9.17, 15) is 14.0 Å². The standard InChI is InChI=1S/C37H42FIN4O4S2/c1-3-41(4-2)20-21-42(24-27-8-12-29(13-9-27)30-14-18-32(19-15-30)46-22-23-47-49-39)35(44)25-43-34-7-5-6-33(34)36(45)40-37(43)48-26-28-10-16-31(38)17-11-28/h8-19H,3-7,20-26H2,1-2H3. The molecule has 260 valence electrons. The van der Waals surface area contributed by atoms with Gasteiger partial charge in [-0.05, 0) is 78.9 Å². The molecule has 0 fully saturated rings. The summed E-state index contributed by atoms with van der Waals surface area (Å²) in [6.45, 7) is 9.01. The Kier molecular flexibility index (Phi) is 14.4. The van der Waals surface area contributed by atoms with E-state index >= 15 is 0 Å². The van der Waals surface area contributed by atoms with E-state index in [1.165, 1.54) is 33.1 Å². The number of rotatable bonds is 18. The Morgan fingerprint density at radius 1 is 0.918 bits per heavy atom. The monoisotopic (exact) mass is 816 g/mol. The van der Waals surface area contributed by atoms with Gasteiger partial charge in [0.05, 0.1) is 15.8 Å². The number of halogens is 2. The summed E-state index contributed by atoms with van der Waals surface area (Å²) < 4.78 is 26.4. The average molecular weight is 817 g/mol. The minimum atomic E-state index is -0.293. The van der Waals surface area contributed by atoms with Gasteiger partial charge in [-0.2, -0.15) is 4.98 Å². The van der Waals surface area contributed by atoms with Gasteiger partial charge in [-0.1, -0.05) is 74.1 Å². The number of nitrogens with zero attached hydrogens (tertiary/aromatic N) is 4. The zero-order valence-corrected chi connectivity index (χ0v) is 31.7. The molecule has 12 heteroatoms. The van der Waals surface area contributed by atoms with Gasteiger partial charge < -0.3 is 23.3 Å². The molecule has 49 heavy (non-hydrogen) atoms. The van der Waals surface area contributed by atoms with Crippen LogP contribution in [0.2, 0.25) is 0 Å². The van der Waals surface area contributed by atoms with Gasteiger partial charge >= 0.3 is 0 Å². The Hall–Kier alpha value is -2.91. The lowest BCUT2D eigenvalue weighted by atomic mass is 10.0. The van der Waals surface area contributed by atoms with Gasteiger partial charge in [-0.15, -0.1) is 0 Å². The molecule has 1 heterocycles. The second-order valence-corrected chi connectivity index (χ2v) is 14.2. The van der Waals surface area contributed by atoms with Crippen molar-refractivity contribution in [1.29, 1.82) is 0 Å². The van der Waals surface area contributed by atoms with Crippen LogP contribution >= 0.6 is 42.2 Å². The van der Waals surface area contributed by atoms with Crippen LogP contribution in [0.4, 0.5) is 4.39 Å². The molecule has 0 aliphatic heterocycles. The predicted octanol–water partition coefficient (Wildman–Crippen LogP) is 7.59. The number of benzene rings is 3. The lowest BCUT2D eigenvalue weighted by Gasteiger charge is -2.28. The number of thioether (sulfide) groups is 1. The molecular weight excluding hydrogens is 774 g/mol. The highest BCUT2D eigenvalue weighted by atomic mass is 127. The van der Waals surface area contributed by atoms with Crippen molar-refractivity contribution < 1.29 is 18.1 Å². The lowest BCUT2D eigenvalue weighted by molar-refractivity contribution is -0.132. The molecule has 8 nitrogen and oxygen atoms in total. The van der Waals surface area contributed by atoms with Crippen LogP contribution in [0.25, 0.3) is 11.1 Å². The van der Waals surface area contributed by atoms with E-state index < -0.39 is 0 Å². The van der Waals surface area contributed by atoms with Gasteiger partial charge in [0, 0.05) is 57.9 Å². The smallest absolute Gasteiger partial charge is 0.277 e. The molecule has 0 bridgehead atoms. The van der Waals surface area contributed by atoms with Crippen molar-refractivity contribution in [2.45, 2.75) is 57.1 Å². The molecule has 0 N–H and O–H groups in total. The number of hydrogen-bond donors (Lipinski definition) is 0. The minimum absolute atomic E-state index is 0.0162. The fourth-order valence-electron chi connectivity index (χ4n) is 5.91. The fraction of sp³-hybridized carbons (Fsp3) is 0.378. The van der Waals surface area contributed by atoms with Crippen molar-refractivity contribution in [2.24, 2.45) is 0 Å². The summed E-state index contributed by atoms with van der Waals surface area (Å²) in [4.78, 5) is 35.8. The molecule has 1 aliphatic carbocycles. The largest absolute Gasteiger partial charge is 0.491 e. The van der Waals surface area contributed by atoms with Crippen LogP contribution in [0.1, 0.15) is 42.7 Å². The van der Waals surface area contributed by atoms with Crippen LogP contribution in [0.15, 0.2) is 82.7 Å². The van der Waals surface area contributed by atoms with Crippen molar-refractivity contribution >= 4 is 48.1 Å². The molecule has 0 saturated heterocycles. The summed E-state index contributed by atoms with van der Waals surface area (Å²) >= 11 is 3.50. The molecule has 0 spiro atoms. The maximum atomic E-state index is 14.2. The van der Waals surface area contributed by atoms with Gasteiger partial charge in [0.2, 0.25) is 5.91 Å². The first-order valence-corrected chi connectivity index (χ1v) is 20.9. The number of ether oxygens (including phenoxy) is 1. The summed E-state index contributed by atoms with van der Waals surface area (Å²) in [6.07, 6.45) is 2.29. The lowest BCUT2D eigenvalue weighted by Crippen LogP contribution is -2.40. The van der Waals surface area contributed by atoms with Gasteiger partial charge in [0.1, 0.15) is 24.7 Å². The van der Waals surface area contributed by atoms with Crippen molar-refractivity contribution in [2.75, 3.05) is 39.4 Å². The SMILES string of the molecule is CCN(CC)CCN(Cc1ccc(-c2ccc(OCCOSI)cc2)cc1)C(=O)Cn1c(SCc2ccc(F)cc2)nc(=O)c2c1CCC2. The van der Waals surface area contributed by atoms with Crippen molar-refractivity contribution in [1.82, 2.24) is 19.4 Å². The Morgan fingerprint density at radius 2 is 1.59 bits per heavy atom. The third kappa shape index (κ3) is 10.5. The molecule has 4 aromatic rings. The van der Waals surface area contributed by atoms with E-state index in [0.717, 1.165) is 66.2 Å². The highest BCUT2D eigenvalue weighted by Gasteiger charge is 2.25. The number of fused-ring (bicyclic) bond motifs is 1. The summed E-state index contributed by atoms with van der Waals surface area (Å²) in [5.41, 5.74) is 5.54. The van der Waals surface area contributed by atoms with Crippen LogP contribution < -0.4 is 10.3 Å². The Bertz CT molecular complexity index is 1720. The van der Waals surface area contributed by atoms with Gasteiger partial charge in [0.25, 0.3) is 5.56 Å². The van der Waals surface area contributed by atoms with Gasteiger partial charge in [0.15, 0.2) is 5.16 Å². The molecule has 1 aromatic heterocycles. The van der Waals surface area contributed by atoms with Crippen molar-refractivity contribution in [3.05, 3.63) is 111 Å². The normalized spacial score (nSPS) is 12.3. The van der Waals surface area contributed by atoms with Crippen molar-refractivity contribution in [3.8, 4) is 16.9 Å². The number of carbonyl (C=O) groups is 1. The average Bonchev–Trinajstić information content (AvgIpc) is 3.63. The summed E-state index contributed by atoms with van der Waals surface area (Å²) in [7, 11) is 1.30. The zero-order valence-electron chi connectivity index (χ0n) is 27.9. The van der Waals surface area contributed by atoms with E-state index in [1.54, 1.807) is 12.1 Å². The minimum Gasteiger partial charge on any atom is -0.491 e. The quantitative estimate of drug-likeness (QED) is 0.0335. The van der Waals surface area contributed by atoms with E-state index in [2.05, 4.69) is 69.2 Å². The van der Waals surface area contributed by atoms with E-state index in [4.69, 9.17) is 8.92 Å². The third-order valence-electron chi connectivity index (χ3n) is 8.70. The van der Waals surface area contributed by atoms with Crippen LogP contribution in [0, 0.1) is 5.82 Å². The Morgan fingerprint density at radius 3 is 2.27 bits per heavy atom. The van der Waals surface area contributed by atoms with Crippen LogP contribution in [0.5, 0.6) is 5.75 Å². The molecule has 5 rings (SSSR count). The predicted molar refractivity (Wildman–Crippen MR) is 205 cm³/mol. The maximum Gasteiger partial charge on any atom is 0.277 e. The first kappa shape index (κ1) is 37.3. The molecular formula is C37H42FIN4O4S2. The van der Waals surface area contributed by atoms with E-state index in [-0.39, 0.29) is 23.8 Å². The highest BCUT2D eigenvalue weighted by molar-refractivity contribution is 14.2. The number of hydrogen-bond acceptors (Lipinski definition) is 8. The molecule has 0 unspecified atom stereocenters. The number of likely N-dealkylation sites (N-methyl/N-ethyl adjacent to an activating group) is 1. The van der Waals surface area contributed by atoms with E-state index in [0.29, 0.717) is 49.2 Å². The Labute approximate surface area is 308 Å². The van der Waals surface area contributed by atoms with Crippen LogP contribution in [-0.2, 0) is 40.7 Å². The second kappa shape index (κ2) is 18.9. The van der Waals surface area contributed by atoms with E-state index in [1.807, 2.05) is 33.7 Å². The fourth-order valence-corrected chi connectivity index (χ4v) is 7.55. The summed E-state index contributed by atoms with van der Waals surface area (Å²) in [6, 6.07) is 22.7. The number of carbonyl (C=O) groups excluding carboxylic acids is 1. The molecule has 0 radical (unpaired) electrons. The topological polar surface area (TPSA) is 76.9 Å². The first-order chi connectivity index (χ1) is 23.9.